The Balaban J connectivity index is 1.79. The zero-order valence-electron chi connectivity index (χ0n) is 16.5. The molecule has 0 fully saturated rings. The molecule has 0 amide bonds. The number of phenols is 1. The number of aliphatic imine (C=N–C) groups is 1. The first kappa shape index (κ1) is 18.3. The number of aromatic hydroxyl groups is 1. The average Bonchev–Trinajstić information content (AvgIpc) is 3.14. The van der Waals surface area contributed by atoms with Crippen LogP contribution in [0.3, 0.4) is 0 Å². The summed E-state index contributed by atoms with van der Waals surface area (Å²) in [6, 6.07) is 25.9. The van der Waals surface area contributed by atoms with Crippen LogP contribution in [0.2, 0.25) is 0 Å². The van der Waals surface area contributed by atoms with Crippen LogP contribution in [-0.2, 0) is 10.2 Å². The molecule has 0 aliphatic carbocycles. The molecule has 28 heavy (non-hydrogen) atoms. The van der Waals surface area contributed by atoms with Gasteiger partial charge in [0.15, 0.2) is 6.10 Å². The van der Waals surface area contributed by atoms with Gasteiger partial charge in [0.2, 0.25) is 5.90 Å². The third-order valence-corrected chi connectivity index (χ3v) is 5.13. The zero-order chi connectivity index (χ0) is 19.7. The predicted octanol–water partition coefficient (Wildman–Crippen LogP) is 5.95. The molecule has 4 rings (SSSR count). The van der Waals surface area contributed by atoms with Crippen molar-refractivity contribution in [2.24, 2.45) is 4.99 Å². The summed E-state index contributed by atoms with van der Waals surface area (Å²) in [6.45, 7) is 6.26. The minimum Gasteiger partial charge on any atom is -0.507 e. The normalized spacial score (nSPS) is 19.2. The molecule has 0 spiro atoms. The highest BCUT2D eigenvalue weighted by atomic mass is 16.5. The van der Waals surface area contributed by atoms with Crippen molar-refractivity contribution in [3.63, 3.8) is 0 Å². The largest absolute Gasteiger partial charge is 0.507 e. The summed E-state index contributed by atoms with van der Waals surface area (Å²) in [5.74, 6) is 0.737. The molecule has 0 saturated heterocycles. The number of phenolic OH excluding ortho intramolecular Hbond substituents is 1. The molecule has 0 saturated carbocycles. The van der Waals surface area contributed by atoms with Gasteiger partial charge in [-0.15, -0.1) is 0 Å². The van der Waals surface area contributed by atoms with Crippen LogP contribution in [0.1, 0.15) is 55.2 Å². The summed E-state index contributed by atoms with van der Waals surface area (Å²) in [7, 11) is 0. The maximum absolute atomic E-state index is 10.9. The van der Waals surface area contributed by atoms with Gasteiger partial charge in [0, 0.05) is 5.56 Å². The number of hydrogen-bond acceptors (Lipinski definition) is 3. The molecule has 0 aromatic heterocycles. The molecule has 3 aromatic rings. The van der Waals surface area contributed by atoms with E-state index in [2.05, 4.69) is 45.0 Å². The molecule has 3 aromatic carbocycles. The number of rotatable bonds is 3. The van der Waals surface area contributed by atoms with E-state index in [0.29, 0.717) is 11.5 Å². The molecule has 0 unspecified atom stereocenters. The van der Waals surface area contributed by atoms with E-state index in [1.807, 2.05) is 54.6 Å². The van der Waals surface area contributed by atoms with Crippen molar-refractivity contribution in [1.82, 2.24) is 0 Å². The van der Waals surface area contributed by atoms with E-state index < -0.39 is 0 Å². The van der Waals surface area contributed by atoms with Gasteiger partial charge >= 0.3 is 0 Å². The minimum atomic E-state index is -0.226. The molecule has 1 aliphatic heterocycles. The van der Waals surface area contributed by atoms with Crippen LogP contribution in [-0.4, -0.2) is 11.0 Å². The van der Waals surface area contributed by atoms with E-state index in [0.717, 1.165) is 16.7 Å². The van der Waals surface area contributed by atoms with Crippen molar-refractivity contribution in [3.8, 4) is 5.75 Å². The Morgan fingerprint density at radius 3 is 2.00 bits per heavy atom. The molecular weight excluding hydrogens is 346 g/mol. The lowest BCUT2D eigenvalue weighted by Gasteiger charge is -2.22. The van der Waals surface area contributed by atoms with Crippen LogP contribution in [0.15, 0.2) is 83.9 Å². The van der Waals surface area contributed by atoms with Gasteiger partial charge in [-0.2, -0.15) is 0 Å². The lowest BCUT2D eigenvalue weighted by atomic mass is 9.85. The fourth-order valence-electron chi connectivity index (χ4n) is 3.66. The number of hydrogen-bond donors (Lipinski definition) is 1. The van der Waals surface area contributed by atoms with Crippen molar-refractivity contribution < 1.29 is 9.84 Å². The van der Waals surface area contributed by atoms with Gasteiger partial charge in [0.25, 0.3) is 0 Å². The van der Waals surface area contributed by atoms with E-state index in [1.165, 1.54) is 0 Å². The topological polar surface area (TPSA) is 41.8 Å². The van der Waals surface area contributed by atoms with E-state index in [4.69, 9.17) is 9.73 Å². The molecule has 0 bridgehead atoms. The Kier molecular flexibility index (Phi) is 4.68. The highest BCUT2D eigenvalue weighted by Gasteiger charge is 2.35. The first-order chi connectivity index (χ1) is 13.4. The maximum Gasteiger partial charge on any atom is 0.221 e. The van der Waals surface area contributed by atoms with Crippen LogP contribution in [0.4, 0.5) is 0 Å². The Labute approximate surface area is 166 Å². The Bertz CT molecular complexity index is 988. The third-order valence-electron chi connectivity index (χ3n) is 5.13. The number of para-hydroxylation sites is 1. The number of nitrogens with zero attached hydrogens (tertiary/aromatic N) is 1. The van der Waals surface area contributed by atoms with Crippen LogP contribution in [0, 0.1) is 0 Å². The molecule has 142 valence electrons. The second-order valence-corrected chi connectivity index (χ2v) is 8.19. The summed E-state index contributed by atoms with van der Waals surface area (Å²) in [4.78, 5) is 4.90. The van der Waals surface area contributed by atoms with Gasteiger partial charge in [-0.25, -0.2) is 4.99 Å². The van der Waals surface area contributed by atoms with Gasteiger partial charge in [-0.1, -0.05) is 93.6 Å². The van der Waals surface area contributed by atoms with Crippen molar-refractivity contribution in [2.75, 3.05) is 0 Å². The van der Waals surface area contributed by atoms with Crippen molar-refractivity contribution in [3.05, 3.63) is 101 Å². The fraction of sp³-hybridized carbons (Fsp3) is 0.240. The second-order valence-electron chi connectivity index (χ2n) is 8.19. The van der Waals surface area contributed by atoms with Crippen LogP contribution in [0.25, 0.3) is 0 Å². The minimum absolute atomic E-state index is 0.156. The van der Waals surface area contributed by atoms with E-state index in [1.54, 1.807) is 0 Å². The molecule has 2 atom stereocenters. The molecule has 0 radical (unpaired) electrons. The smallest absolute Gasteiger partial charge is 0.221 e. The summed E-state index contributed by atoms with van der Waals surface area (Å²) in [5.41, 5.74) is 3.53. The highest BCUT2D eigenvalue weighted by molar-refractivity contribution is 5.98. The molecule has 1 heterocycles. The third kappa shape index (κ3) is 3.40. The lowest BCUT2D eigenvalue weighted by Crippen LogP contribution is -2.14. The van der Waals surface area contributed by atoms with Gasteiger partial charge in [0.05, 0.1) is 5.56 Å². The average molecular weight is 371 g/mol. The summed E-state index contributed by atoms with van der Waals surface area (Å²) in [5, 5.41) is 10.9. The van der Waals surface area contributed by atoms with Crippen LogP contribution in [0.5, 0.6) is 5.75 Å². The zero-order valence-corrected chi connectivity index (χ0v) is 16.5. The monoisotopic (exact) mass is 371 g/mol. The SMILES string of the molecule is CC(C)(C)c1cccc(C2=N[C@H](c3ccccc3)[C@H](c3ccccc3)O2)c1O. The van der Waals surface area contributed by atoms with Crippen LogP contribution < -0.4 is 0 Å². The highest BCUT2D eigenvalue weighted by Crippen LogP contribution is 2.43. The van der Waals surface area contributed by atoms with Crippen molar-refractivity contribution in [2.45, 2.75) is 38.3 Å². The van der Waals surface area contributed by atoms with Crippen LogP contribution >= 0.6 is 0 Å². The Morgan fingerprint density at radius 2 is 1.39 bits per heavy atom. The first-order valence-electron chi connectivity index (χ1n) is 9.62. The summed E-state index contributed by atoms with van der Waals surface area (Å²) < 4.78 is 6.34. The van der Waals surface area contributed by atoms with Gasteiger partial charge in [-0.05, 0) is 22.6 Å². The Morgan fingerprint density at radius 1 is 0.786 bits per heavy atom. The molecule has 3 nitrogen and oxygen atoms in total. The standard InChI is InChI=1S/C25H25NO2/c1-25(2,3)20-16-10-15-19(22(20)27)24-26-21(17-11-6-4-7-12-17)23(28-24)18-13-8-5-9-14-18/h4-16,21,23,27H,1-3H3/t21-,23+/m1/s1. The predicted molar refractivity (Wildman–Crippen MR) is 113 cm³/mol. The summed E-state index contributed by atoms with van der Waals surface area (Å²) in [6.07, 6.45) is -0.226. The van der Waals surface area contributed by atoms with E-state index in [-0.39, 0.29) is 23.3 Å². The van der Waals surface area contributed by atoms with E-state index >= 15 is 0 Å². The molecule has 1 N–H and O–H groups in total. The Hall–Kier alpha value is -3.07. The van der Waals surface area contributed by atoms with Gasteiger partial charge in [-0.3, -0.25) is 0 Å². The number of ether oxygens (including phenoxy) is 1. The summed E-state index contributed by atoms with van der Waals surface area (Å²) >= 11 is 0. The molecule has 3 heteroatoms. The van der Waals surface area contributed by atoms with Crippen molar-refractivity contribution >= 4 is 5.90 Å². The first-order valence-corrected chi connectivity index (χ1v) is 9.62. The maximum atomic E-state index is 10.9. The molecule has 1 aliphatic rings. The van der Waals surface area contributed by atoms with Crippen molar-refractivity contribution in [1.29, 1.82) is 0 Å². The second kappa shape index (κ2) is 7.16. The lowest BCUT2D eigenvalue weighted by molar-refractivity contribution is 0.196. The quantitative estimate of drug-likeness (QED) is 0.618. The molecular formula is C25H25NO2. The number of benzene rings is 3. The van der Waals surface area contributed by atoms with Gasteiger partial charge in [0.1, 0.15) is 11.8 Å². The van der Waals surface area contributed by atoms with E-state index in [9.17, 15) is 5.11 Å². The fourth-order valence-corrected chi connectivity index (χ4v) is 3.66. The van der Waals surface area contributed by atoms with Gasteiger partial charge < -0.3 is 9.84 Å².